The molecule has 0 spiro atoms. The third-order valence-electron chi connectivity index (χ3n) is 2.71. The summed E-state index contributed by atoms with van der Waals surface area (Å²) in [4.78, 5) is 26.0. The van der Waals surface area contributed by atoms with E-state index >= 15 is 0 Å². The molecule has 110 valence electrons. The smallest absolute Gasteiger partial charge is 0.416 e. The van der Waals surface area contributed by atoms with E-state index in [1.54, 1.807) is 0 Å². The maximum atomic E-state index is 12.6. The maximum absolute atomic E-state index is 12.6. The Kier molecular flexibility index (Phi) is 3.79. The van der Waals surface area contributed by atoms with Crippen LogP contribution in [0.5, 0.6) is 0 Å². The number of nitrogens with one attached hydrogen (secondary N) is 1. The van der Waals surface area contributed by atoms with Crippen molar-refractivity contribution < 1.29 is 27.9 Å². The monoisotopic (exact) mass is 298 g/mol. The Bertz CT molecular complexity index is 713. The molecular formula is C13H9F3N2O3. The van der Waals surface area contributed by atoms with Crippen LogP contribution in [-0.2, 0) is 11.0 Å². The van der Waals surface area contributed by atoms with Gasteiger partial charge in [-0.2, -0.15) is 13.2 Å². The molecule has 1 aromatic heterocycles. The number of pyridine rings is 1. The molecule has 0 saturated carbocycles. The van der Waals surface area contributed by atoms with Gasteiger partial charge in [0.25, 0.3) is 5.91 Å². The third kappa shape index (κ3) is 3.28. The van der Waals surface area contributed by atoms with E-state index in [-0.39, 0.29) is 16.5 Å². The number of carboxylic acid groups (broad SMARTS) is 1. The molecule has 1 aromatic carbocycles. The van der Waals surface area contributed by atoms with E-state index < -0.39 is 30.2 Å². The number of hydrogen-bond donors (Lipinski definition) is 2. The molecule has 5 nitrogen and oxygen atoms in total. The molecule has 0 saturated heterocycles. The highest BCUT2D eigenvalue weighted by molar-refractivity contribution is 6.06. The Morgan fingerprint density at radius 2 is 1.95 bits per heavy atom. The molecule has 0 atom stereocenters. The van der Waals surface area contributed by atoms with Crippen LogP contribution in [0.2, 0.25) is 0 Å². The fourth-order valence-corrected chi connectivity index (χ4v) is 1.77. The molecule has 8 heteroatoms. The summed E-state index contributed by atoms with van der Waals surface area (Å²) in [6.07, 6.45) is -3.31. The standard InChI is InChI=1S/C13H9F3N2O3/c14-13(15,16)7-1-2-8-9(3-4-17-10(8)5-7)12(21)18-6-11(19)20/h1-5H,6H2,(H,18,21)(H,19,20). The molecule has 1 heterocycles. The molecule has 0 bridgehead atoms. The topological polar surface area (TPSA) is 79.3 Å². The normalized spacial score (nSPS) is 11.4. The second-order valence-electron chi connectivity index (χ2n) is 4.16. The number of nitrogens with zero attached hydrogens (tertiary/aromatic N) is 1. The highest BCUT2D eigenvalue weighted by Gasteiger charge is 2.30. The van der Waals surface area contributed by atoms with Gasteiger partial charge in [-0.25, -0.2) is 0 Å². The number of benzene rings is 1. The predicted octanol–water partition coefficient (Wildman–Crippen LogP) is 2.07. The zero-order chi connectivity index (χ0) is 15.6. The molecule has 0 unspecified atom stereocenters. The van der Waals surface area contributed by atoms with Crippen molar-refractivity contribution in [2.45, 2.75) is 6.18 Å². The zero-order valence-electron chi connectivity index (χ0n) is 10.4. The Labute approximate surface area is 116 Å². The van der Waals surface area contributed by atoms with Crippen LogP contribution in [0.15, 0.2) is 30.5 Å². The van der Waals surface area contributed by atoms with Crippen molar-refractivity contribution in [2.24, 2.45) is 0 Å². The molecule has 0 radical (unpaired) electrons. The minimum Gasteiger partial charge on any atom is -0.480 e. The van der Waals surface area contributed by atoms with Gasteiger partial charge >= 0.3 is 12.1 Å². The van der Waals surface area contributed by atoms with Crippen molar-refractivity contribution >= 4 is 22.8 Å². The largest absolute Gasteiger partial charge is 0.480 e. The Morgan fingerprint density at radius 1 is 1.24 bits per heavy atom. The summed E-state index contributed by atoms with van der Waals surface area (Å²) in [6.45, 7) is -0.580. The van der Waals surface area contributed by atoms with Gasteiger partial charge in [-0.1, -0.05) is 6.07 Å². The molecule has 2 rings (SSSR count). The molecule has 1 amide bonds. The van der Waals surface area contributed by atoms with E-state index in [9.17, 15) is 22.8 Å². The van der Waals surface area contributed by atoms with Crippen LogP contribution in [0.25, 0.3) is 10.9 Å². The lowest BCUT2D eigenvalue weighted by molar-refractivity contribution is -0.137. The third-order valence-corrected chi connectivity index (χ3v) is 2.71. The van der Waals surface area contributed by atoms with Crippen molar-refractivity contribution in [3.05, 3.63) is 41.6 Å². The van der Waals surface area contributed by atoms with E-state index in [0.29, 0.717) is 0 Å². The molecule has 0 fully saturated rings. The Hall–Kier alpha value is -2.64. The number of amides is 1. The number of carboxylic acids is 1. The molecule has 0 aliphatic carbocycles. The summed E-state index contributed by atoms with van der Waals surface area (Å²) in [6, 6.07) is 4.13. The minimum absolute atomic E-state index is 0.00722. The zero-order valence-corrected chi connectivity index (χ0v) is 10.4. The van der Waals surface area contributed by atoms with Crippen LogP contribution in [0.4, 0.5) is 13.2 Å². The molecule has 2 N–H and O–H groups in total. The Balaban J connectivity index is 2.42. The van der Waals surface area contributed by atoms with Gasteiger partial charge in [0, 0.05) is 11.6 Å². The van der Waals surface area contributed by atoms with E-state index in [2.05, 4.69) is 10.3 Å². The first-order valence-corrected chi connectivity index (χ1v) is 5.75. The van der Waals surface area contributed by atoms with Gasteiger partial charge in [0.1, 0.15) is 6.54 Å². The van der Waals surface area contributed by atoms with Gasteiger partial charge in [-0.15, -0.1) is 0 Å². The average Bonchev–Trinajstić information content (AvgIpc) is 2.42. The van der Waals surface area contributed by atoms with Gasteiger partial charge in [0.2, 0.25) is 0 Å². The number of aromatic nitrogens is 1. The highest BCUT2D eigenvalue weighted by atomic mass is 19.4. The van der Waals surface area contributed by atoms with Gasteiger partial charge in [0.15, 0.2) is 0 Å². The molecule has 2 aromatic rings. The maximum Gasteiger partial charge on any atom is 0.416 e. The second-order valence-corrected chi connectivity index (χ2v) is 4.16. The van der Waals surface area contributed by atoms with Crippen LogP contribution < -0.4 is 5.32 Å². The second kappa shape index (κ2) is 5.39. The highest BCUT2D eigenvalue weighted by Crippen LogP contribution is 2.31. The van der Waals surface area contributed by atoms with Crippen molar-refractivity contribution in [3.63, 3.8) is 0 Å². The first kappa shape index (κ1) is 14.8. The number of halogens is 3. The summed E-state index contributed by atoms with van der Waals surface area (Å²) >= 11 is 0. The lowest BCUT2D eigenvalue weighted by Crippen LogP contribution is -2.29. The number of hydrogen-bond acceptors (Lipinski definition) is 3. The number of carbonyl (C=O) groups is 2. The molecule has 0 aliphatic heterocycles. The fourth-order valence-electron chi connectivity index (χ4n) is 1.77. The van der Waals surface area contributed by atoms with E-state index in [0.717, 1.165) is 18.2 Å². The first-order valence-electron chi connectivity index (χ1n) is 5.75. The summed E-state index contributed by atoms with van der Waals surface area (Å²) in [7, 11) is 0. The molecular weight excluding hydrogens is 289 g/mol. The predicted molar refractivity (Wildman–Crippen MR) is 66.7 cm³/mol. The average molecular weight is 298 g/mol. The number of fused-ring (bicyclic) bond motifs is 1. The summed E-state index contributed by atoms with van der Waals surface area (Å²) < 4.78 is 37.8. The number of rotatable bonds is 3. The Morgan fingerprint density at radius 3 is 2.57 bits per heavy atom. The fraction of sp³-hybridized carbons (Fsp3) is 0.154. The van der Waals surface area contributed by atoms with Crippen LogP contribution in [0.1, 0.15) is 15.9 Å². The molecule has 21 heavy (non-hydrogen) atoms. The van der Waals surface area contributed by atoms with Gasteiger partial charge in [0.05, 0.1) is 16.6 Å². The van der Waals surface area contributed by atoms with Crippen molar-refractivity contribution in [1.82, 2.24) is 10.3 Å². The van der Waals surface area contributed by atoms with Gasteiger partial charge in [-0.05, 0) is 18.2 Å². The lowest BCUT2D eigenvalue weighted by Gasteiger charge is -2.09. The SMILES string of the molecule is O=C(O)CNC(=O)c1ccnc2cc(C(F)(F)F)ccc12. The van der Waals surface area contributed by atoms with E-state index in [4.69, 9.17) is 5.11 Å². The summed E-state index contributed by atoms with van der Waals surface area (Å²) in [5, 5.41) is 10.9. The van der Waals surface area contributed by atoms with E-state index in [1.807, 2.05) is 0 Å². The van der Waals surface area contributed by atoms with E-state index in [1.165, 1.54) is 12.3 Å². The van der Waals surface area contributed by atoms with Gasteiger partial charge in [-0.3, -0.25) is 14.6 Å². The number of carbonyl (C=O) groups excluding carboxylic acids is 1. The molecule has 0 aliphatic rings. The van der Waals surface area contributed by atoms with Crippen molar-refractivity contribution in [2.75, 3.05) is 6.54 Å². The number of aliphatic carboxylic acids is 1. The van der Waals surface area contributed by atoms with Crippen molar-refractivity contribution in [3.8, 4) is 0 Å². The van der Waals surface area contributed by atoms with Crippen LogP contribution in [0.3, 0.4) is 0 Å². The van der Waals surface area contributed by atoms with Crippen LogP contribution in [-0.4, -0.2) is 28.5 Å². The first-order chi connectivity index (χ1) is 9.79. The van der Waals surface area contributed by atoms with Crippen LogP contribution >= 0.6 is 0 Å². The summed E-state index contributed by atoms with van der Waals surface area (Å²) in [5.74, 6) is -1.91. The van der Waals surface area contributed by atoms with Gasteiger partial charge < -0.3 is 10.4 Å². The van der Waals surface area contributed by atoms with Crippen LogP contribution in [0, 0.1) is 0 Å². The summed E-state index contributed by atoms with van der Waals surface area (Å²) in [5.41, 5.74) is -0.798. The quantitative estimate of drug-likeness (QED) is 0.909. The number of alkyl halides is 3. The van der Waals surface area contributed by atoms with Crippen molar-refractivity contribution in [1.29, 1.82) is 0 Å². The minimum atomic E-state index is -4.50. The lowest BCUT2D eigenvalue weighted by atomic mass is 10.1.